The summed E-state index contributed by atoms with van der Waals surface area (Å²) in [5.74, 6) is -0.615. The Bertz CT molecular complexity index is 1520. The van der Waals surface area contributed by atoms with Crippen LogP contribution in [0.2, 0.25) is 5.02 Å². The summed E-state index contributed by atoms with van der Waals surface area (Å²) >= 11 is 7.53. The van der Waals surface area contributed by atoms with E-state index in [1.807, 2.05) is 72.8 Å². The number of aliphatic hydroxyl groups is 1. The summed E-state index contributed by atoms with van der Waals surface area (Å²) < 4.78 is 10.1. The average molecular weight is 578 g/mol. The van der Waals surface area contributed by atoms with Gasteiger partial charge in [0.05, 0.1) is 36.1 Å². The van der Waals surface area contributed by atoms with Crippen LogP contribution in [0, 0.1) is 0 Å². The average Bonchev–Trinajstić information content (AvgIpc) is 2.96. The molecule has 2 N–H and O–H groups in total. The first kappa shape index (κ1) is 29.1. The van der Waals surface area contributed by atoms with Gasteiger partial charge in [-0.15, -0.1) is 0 Å². The molecule has 1 heterocycles. The molecular formula is C31H28ClNO6S. The molecule has 40 heavy (non-hydrogen) atoms. The van der Waals surface area contributed by atoms with Gasteiger partial charge in [0.25, 0.3) is 0 Å². The summed E-state index contributed by atoms with van der Waals surface area (Å²) in [6, 6.07) is 24.0. The molecule has 0 bridgehead atoms. The maximum atomic E-state index is 11.7. The number of benzene rings is 3. The minimum absolute atomic E-state index is 0.187. The largest absolute Gasteiger partial charge is 0.482 e. The minimum atomic E-state index is -1.08. The van der Waals surface area contributed by atoms with Gasteiger partial charge >= 0.3 is 11.9 Å². The number of fused-ring (bicyclic) bond motifs is 1. The zero-order valence-electron chi connectivity index (χ0n) is 21.7. The van der Waals surface area contributed by atoms with Crippen molar-refractivity contribution in [3.63, 3.8) is 0 Å². The highest BCUT2D eigenvalue weighted by molar-refractivity contribution is 7.99. The molecule has 7 nitrogen and oxygen atoms in total. The fourth-order valence-corrected chi connectivity index (χ4v) is 5.45. The zero-order valence-corrected chi connectivity index (χ0v) is 23.3. The van der Waals surface area contributed by atoms with Crippen molar-refractivity contribution in [2.75, 3.05) is 19.5 Å². The highest BCUT2D eigenvalue weighted by Crippen LogP contribution is 2.41. The van der Waals surface area contributed by atoms with Crippen molar-refractivity contribution in [1.82, 2.24) is 4.98 Å². The van der Waals surface area contributed by atoms with Gasteiger partial charge < -0.3 is 19.7 Å². The van der Waals surface area contributed by atoms with E-state index < -0.39 is 23.9 Å². The van der Waals surface area contributed by atoms with E-state index in [-0.39, 0.29) is 12.4 Å². The fourth-order valence-electron chi connectivity index (χ4n) is 4.07. The first-order valence-electron chi connectivity index (χ1n) is 12.5. The molecule has 0 saturated carbocycles. The quantitative estimate of drug-likeness (QED) is 0.182. The maximum Gasteiger partial charge on any atom is 0.341 e. The monoisotopic (exact) mass is 577 g/mol. The van der Waals surface area contributed by atoms with E-state index in [0.717, 1.165) is 27.7 Å². The van der Waals surface area contributed by atoms with E-state index in [9.17, 15) is 14.7 Å². The third-order valence-corrected chi connectivity index (χ3v) is 7.61. The number of esters is 1. The number of halogens is 1. The lowest BCUT2D eigenvalue weighted by atomic mass is 9.98. The Morgan fingerprint density at radius 3 is 2.58 bits per heavy atom. The van der Waals surface area contributed by atoms with Gasteiger partial charge in [-0.2, -0.15) is 11.8 Å². The Morgan fingerprint density at radius 2 is 1.77 bits per heavy atom. The summed E-state index contributed by atoms with van der Waals surface area (Å²) in [6.07, 6.45) is 3.09. The van der Waals surface area contributed by atoms with Crippen molar-refractivity contribution in [1.29, 1.82) is 0 Å². The first-order valence-corrected chi connectivity index (χ1v) is 13.9. The number of carbonyl (C=O) groups is 2. The smallest absolute Gasteiger partial charge is 0.341 e. The van der Waals surface area contributed by atoms with Crippen molar-refractivity contribution >= 4 is 58.4 Å². The second kappa shape index (κ2) is 14.0. The number of aliphatic hydroxyl groups excluding tert-OH is 1. The summed E-state index contributed by atoms with van der Waals surface area (Å²) in [6.45, 7) is -0.473. The zero-order chi connectivity index (χ0) is 28.5. The minimum Gasteiger partial charge on any atom is -0.482 e. The molecule has 2 atom stereocenters. The molecule has 0 amide bonds. The van der Waals surface area contributed by atoms with Gasteiger partial charge in [0, 0.05) is 16.2 Å². The lowest BCUT2D eigenvalue weighted by molar-refractivity contribution is -0.140. The van der Waals surface area contributed by atoms with E-state index in [0.29, 0.717) is 22.1 Å². The topological polar surface area (TPSA) is 106 Å². The third kappa shape index (κ3) is 8.08. The summed E-state index contributed by atoms with van der Waals surface area (Å²) in [4.78, 5) is 27.3. The van der Waals surface area contributed by atoms with Crippen LogP contribution >= 0.6 is 23.4 Å². The van der Waals surface area contributed by atoms with Gasteiger partial charge in [-0.05, 0) is 59.2 Å². The predicted octanol–water partition coefficient (Wildman–Crippen LogP) is 6.59. The van der Waals surface area contributed by atoms with Gasteiger partial charge in [-0.3, -0.25) is 4.79 Å². The first-order chi connectivity index (χ1) is 19.3. The number of carbonyl (C=O) groups excluding carboxylic acids is 1. The number of ether oxygens (including phenoxy) is 2. The van der Waals surface area contributed by atoms with Crippen LogP contribution in [0.3, 0.4) is 0 Å². The Labute approximate surface area is 241 Å². The van der Waals surface area contributed by atoms with Crippen molar-refractivity contribution in [3.05, 3.63) is 106 Å². The summed E-state index contributed by atoms with van der Waals surface area (Å²) in [5.41, 5.74) is 3.88. The van der Waals surface area contributed by atoms with E-state index in [1.165, 1.54) is 18.9 Å². The molecule has 0 fully saturated rings. The Kier molecular flexibility index (Phi) is 10.2. The molecule has 0 aliphatic rings. The van der Waals surface area contributed by atoms with Gasteiger partial charge in [-0.1, -0.05) is 60.1 Å². The lowest BCUT2D eigenvalue weighted by Gasteiger charge is -2.24. The molecule has 0 radical (unpaired) electrons. The molecule has 0 saturated heterocycles. The van der Waals surface area contributed by atoms with Gasteiger partial charge in [-0.25, -0.2) is 9.78 Å². The number of thioether (sulfide) groups is 1. The number of carboxylic acids is 1. The van der Waals surface area contributed by atoms with Crippen LogP contribution in [0.15, 0.2) is 78.9 Å². The van der Waals surface area contributed by atoms with Crippen LogP contribution in [-0.4, -0.2) is 46.6 Å². The van der Waals surface area contributed by atoms with Gasteiger partial charge in [0.15, 0.2) is 6.61 Å². The molecule has 4 rings (SSSR count). The Hall–Kier alpha value is -3.85. The van der Waals surface area contributed by atoms with Crippen LogP contribution in [0.25, 0.3) is 23.1 Å². The maximum absolute atomic E-state index is 11.7. The van der Waals surface area contributed by atoms with Crippen LogP contribution < -0.4 is 4.74 Å². The van der Waals surface area contributed by atoms with Crippen LogP contribution in [0.4, 0.5) is 0 Å². The second-order valence-corrected chi connectivity index (χ2v) is 10.6. The number of hydrogen-bond acceptors (Lipinski definition) is 7. The fraction of sp³-hybridized carbons (Fsp3) is 0.194. The summed E-state index contributed by atoms with van der Waals surface area (Å²) in [7, 11) is 1.34. The Morgan fingerprint density at radius 1 is 1.00 bits per heavy atom. The van der Waals surface area contributed by atoms with Gasteiger partial charge in [0.2, 0.25) is 0 Å². The molecule has 4 aromatic rings. The molecule has 0 spiro atoms. The normalized spacial score (nSPS) is 12.8. The Balaban J connectivity index is 1.57. The van der Waals surface area contributed by atoms with E-state index >= 15 is 0 Å². The molecular weight excluding hydrogens is 550 g/mol. The number of methoxy groups -OCH3 is 1. The summed E-state index contributed by atoms with van der Waals surface area (Å²) in [5, 5.41) is 21.6. The van der Waals surface area contributed by atoms with E-state index in [4.69, 9.17) is 26.2 Å². The number of rotatable bonds is 12. The van der Waals surface area contributed by atoms with Crippen LogP contribution in [-0.2, 0) is 14.3 Å². The third-order valence-electron chi connectivity index (χ3n) is 6.04. The van der Waals surface area contributed by atoms with Crippen LogP contribution in [0.5, 0.6) is 5.75 Å². The molecule has 2 unspecified atom stereocenters. The van der Waals surface area contributed by atoms with Crippen LogP contribution in [0.1, 0.15) is 40.2 Å². The number of aromatic nitrogens is 1. The lowest BCUT2D eigenvalue weighted by Crippen LogP contribution is -2.12. The van der Waals surface area contributed by atoms with Gasteiger partial charge in [0.1, 0.15) is 5.75 Å². The number of nitrogens with zero attached hydrogens (tertiary/aromatic N) is 1. The van der Waals surface area contributed by atoms with Crippen molar-refractivity contribution in [2.45, 2.75) is 17.8 Å². The molecule has 0 aliphatic carbocycles. The SMILES string of the molecule is COC(=O)CCSC(c1cccc(OCC(=O)O)c1)C(O)c1cccc(C=Cc2ccc3ccc(Cl)cc3n2)c1. The predicted molar refractivity (Wildman–Crippen MR) is 158 cm³/mol. The number of carboxylic acid groups (broad SMARTS) is 1. The second-order valence-electron chi connectivity index (χ2n) is 8.89. The standard InChI is InChI=1S/C31H28ClNO6S/c1-38-29(36)14-15-40-31(23-6-3-7-26(17-23)39-19-28(34)35)30(37)22-5-2-4-20(16-22)8-12-25-13-10-21-9-11-24(32)18-27(21)33-25/h2-13,16-18,30-31,37H,14-15,19H2,1H3,(H,34,35). The number of hydrogen-bond donors (Lipinski definition) is 2. The molecule has 0 aliphatic heterocycles. The molecule has 9 heteroatoms. The highest BCUT2D eigenvalue weighted by atomic mass is 35.5. The number of pyridine rings is 1. The number of aliphatic carboxylic acids is 1. The molecule has 206 valence electrons. The van der Waals surface area contributed by atoms with Crippen molar-refractivity contribution in [3.8, 4) is 5.75 Å². The van der Waals surface area contributed by atoms with Crippen molar-refractivity contribution < 1.29 is 29.3 Å². The van der Waals surface area contributed by atoms with E-state index in [2.05, 4.69) is 4.98 Å². The molecule has 3 aromatic carbocycles. The molecule has 1 aromatic heterocycles. The highest BCUT2D eigenvalue weighted by Gasteiger charge is 2.24. The van der Waals surface area contributed by atoms with E-state index in [1.54, 1.807) is 18.2 Å². The van der Waals surface area contributed by atoms with Crippen molar-refractivity contribution in [2.24, 2.45) is 0 Å².